The molecule has 2 amide bonds. The standard InChI is InChI=1S/C27H33ClN6O5S/c1-17(2)40(38,39)23-13-7-6-11-22(23)31-25-20(28)16-30-27(33-25)32-21-12-9-10-19(18(21)3)26(36)29-15-8-4-5-14-24(35)34-37/h6-7,9-13,16-17,37H,4-5,8,14-15H2,1-3H3,(H,29,36)(H,34,35)(H2,30,31,32,33). The summed E-state index contributed by atoms with van der Waals surface area (Å²) in [7, 11) is -3.56. The van der Waals surface area contributed by atoms with Crippen LogP contribution in [0.2, 0.25) is 5.02 Å². The van der Waals surface area contributed by atoms with E-state index in [0.29, 0.717) is 41.9 Å². The Hall–Kier alpha value is -3.74. The van der Waals surface area contributed by atoms with Gasteiger partial charge in [-0.05, 0) is 63.4 Å². The number of sulfone groups is 1. The number of para-hydroxylation sites is 1. The smallest absolute Gasteiger partial charge is 0.251 e. The van der Waals surface area contributed by atoms with Gasteiger partial charge in [0.1, 0.15) is 5.02 Å². The molecule has 13 heteroatoms. The molecular formula is C27H33ClN6O5S. The minimum Gasteiger partial charge on any atom is -0.352 e. The van der Waals surface area contributed by atoms with Crippen LogP contribution in [0.15, 0.2) is 53.6 Å². The first-order valence-corrected chi connectivity index (χ1v) is 14.7. The molecule has 5 N–H and O–H groups in total. The van der Waals surface area contributed by atoms with E-state index in [1.54, 1.807) is 62.6 Å². The van der Waals surface area contributed by atoms with Crippen molar-refractivity contribution in [3.8, 4) is 0 Å². The summed E-state index contributed by atoms with van der Waals surface area (Å²) in [6.45, 7) is 5.47. The van der Waals surface area contributed by atoms with Crippen molar-refractivity contribution in [1.82, 2.24) is 20.8 Å². The third-order valence-electron chi connectivity index (χ3n) is 6.13. The number of amides is 2. The summed E-state index contributed by atoms with van der Waals surface area (Å²) in [6, 6.07) is 11.8. The second kappa shape index (κ2) is 14.1. The van der Waals surface area contributed by atoms with Crippen LogP contribution < -0.4 is 21.4 Å². The molecular weight excluding hydrogens is 556 g/mol. The maximum atomic E-state index is 12.8. The Morgan fingerprint density at radius 3 is 2.45 bits per heavy atom. The van der Waals surface area contributed by atoms with Gasteiger partial charge >= 0.3 is 0 Å². The van der Waals surface area contributed by atoms with Gasteiger partial charge < -0.3 is 16.0 Å². The van der Waals surface area contributed by atoms with Crippen molar-refractivity contribution >= 4 is 56.4 Å². The number of carbonyl (C=O) groups is 2. The van der Waals surface area contributed by atoms with E-state index < -0.39 is 21.0 Å². The molecule has 214 valence electrons. The molecule has 0 unspecified atom stereocenters. The number of hydrogen-bond donors (Lipinski definition) is 5. The van der Waals surface area contributed by atoms with Crippen LogP contribution >= 0.6 is 11.6 Å². The van der Waals surface area contributed by atoms with Crippen LogP contribution in [0.1, 0.15) is 55.5 Å². The molecule has 2 aromatic carbocycles. The lowest BCUT2D eigenvalue weighted by atomic mass is 10.1. The fourth-order valence-electron chi connectivity index (χ4n) is 3.79. The maximum absolute atomic E-state index is 12.8. The highest BCUT2D eigenvalue weighted by molar-refractivity contribution is 7.92. The van der Waals surface area contributed by atoms with E-state index in [1.165, 1.54) is 12.3 Å². The Kier molecular flexibility index (Phi) is 10.8. The molecule has 0 saturated heterocycles. The number of nitrogens with zero attached hydrogens (tertiary/aromatic N) is 2. The maximum Gasteiger partial charge on any atom is 0.251 e. The molecule has 1 aromatic heterocycles. The van der Waals surface area contributed by atoms with E-state index in [0.717, 1.165) is 6.42 Å². The Labute approximate surface area is 238 Å². The van der Waals surface area contributed by atoms with Gasteiger partial charge in [-0.3, -0.25) is 14.8 Å². The average molecular weight is 589 g/mol. The summed E-state index contributed by atoms with van der Waals surface area (Å²) < 4.78 is 25.7. The number of anilines is 4. The first-order chi connectivity index (χ1) is 19.0. The molecule has 0 aliphatic rings. The van der Waals surface area contributed by atoms with Gasteiger partial charge in [0.05, 0.1) is 22.0 Å². The molecule has 40 heavy (non-hydrogen) atoms. The third-order valence-corrected chi connectivity index (χ3v) is 8.61. The van der Waals surface area contributed by atoms with E-state index in [9.17, 15) is 18.0 Å². The van der Waals surface area contributed by atoms with Crippen molar-refractivity contribution in [3.63, 3.8) is 0 Å². The highest BCUT2D eigenvalue weighted by Crippen LogP contribution is 2.31. The SMILES string of the molecule is Cc1c(Nc2ncc(Cl)c(Nc3ccccc3S(=O)(=O)C(C)C)n2)cccc1C(=O)NCCCCCC(=O)NO. The Morgan fingerprint density at radius 2 is 1.73 bits per heavy atom. The molecule has 0 saturated carbocycles. The fourth-order valence-corrected chi connectivity index (χ4v) is 5.13. The first-order valence-electron chi connectivity index (χ1n) is 12.7. The van der Waals surface area contributed by atoms with Crippen molar-refractivity contribution in [2.45, 2.75) is 56.6 Å². The zero-order valence-electron chi connectivity index (χ0n) is 22.5. The average Bonchev–Trinajstić information content (AvgIpc) is 2.93. The Balaban J connectivity index is 1.71. The van der Waals surface area contributed by atoms with Gasteiger partial charge in [0.2, 0.25) is 11.9 Å². The Morgan fingerprint density at radius 1 is 1.00 bits per heavy atom. The zero-order valence-corrected chi connectivity index (χ0v) is 24.1. The molecule has 3 aromatic rings. The second-order valence-corrected chi connectivity index (χ2v) is 12.2. The lowest BCUT2D eigenvalue weighted by Gasteiger charge is -2.16. The number of hydroxylamine groups is 1. The van der Waals surface area contributed by atoms with Gasteiger partial charge in [-0.1, -0.05) is 36.2 Å². The van der Waals surface area contributed by atoms with Crippen LogP contribution in [-0.2, 0) is 14.6 Å². The lowest BCUT2D eigenvalue weighted by Crippen LogP contribution is -2.25. The molecule has 0 atom stereocenters. The van der Waals surface area contributed by atoms with Crippen LogP contribution in [-0.4, -0.2) is 47.2 Å². The number of hydrogen-bond acceptors (Lipinski definition) is 9. The van der Waals surface area contributed by atoms with Gasteiger partial charge in [0, 0.05) is 24.2 Å². The van der Waals surface area contributed by atoms with E-state index >= 15 is 0 Å². The second-order valence-electron chi connectivity index (χ2n) is 9.31. The monoisotopic (exact) mass is 588 g/mol. The topological polar surface area (TPSA) is 162 Å². The van der Waals surface area contributed by atoms with E-state index in [4.69, 9.17) is 16.8 Å². The minimum atomic E-state index is -3.56. The molecule has 11 nitrogen and oxygen atoms in total. The molecule has 0 fully saturated rings. The number of aromatic nitrogens is 2. The summed E-state index contributed by atoms with van der Waals surface area (Å²) in [6.07, 6.45) is 3.65. The quantitative estimate of drug-likeness (QED) is 0.106. The van der Waals surface area contributed by atoms with E-state index in [2.05, 4.69) is 25.9 Å². The zero-order chi connectivity index (χ0) is 29.3. The van der Waals surface area contributed by atoms with Gasteiger partial charge in [0.15, 0.2) is 15.7 Å². The van der Waals surface area contributed by atoms with Crippen molar-refractivity contribution in [2.75, 3.05) is 17.2 Å². The minimum absolute atomic E-state index is 0.138. The molecule has 0 radical (unpaired) electrons. The van der Waals surface area contributed by atoms with Crippen molar-refractivity contribution in [3.05, 3.63) is 64.8 Å². The number of unbranched alkanes of at least 4 members (excludes halogenated alkanes) is 2. The number of carbonyl (C=O) groups excluding carboxylic acids is 2. The third kappa shape index (κ3) is 7.90. The summed E-state index contributed by atoms with van der Waals surface area (Å²) in [5.41, 5.74) is 3.71. The summed E-state index contributed by atoms with van der Waals surface area (Å²) in [5.74, 6) is -0.255. The number of nitrogens with one attached hydrogen (secondary N) is 4. The van der Waals surface area contributed by atoms with Gasteiger partial charge in [-0.15, -0.1) is 0 Å². The molecule has 3 rings (SSSR count). The predicted molar refractivity (Wildman–Crippen MR) is 154 cm³/mol. The van der Waals surface area contributed by atoms with Gasteiger partial charge in [0.25, 0.3) is 5.91 Å². The normalized spacial score (nSPS) is 11.2. The lowest BCUT2D eigenvalue weighted by molar-refractivity contribution is -0.129. The predicted octanol–water partition coefficient (Wildman–Crippen LogP) is 4.90. The summed E-state index contributed by atoms with van der Waals surface area (Å²) in [4.78, 5) is 32.6. The molecule has 1 heterocycles. The van der Waals surface area contributed by atoms with E-state index in [1.807, 2.05) is 0 Å². The van der Waals surface area contributed by atoms with Crippen LogP contribution in [0, 0.1) is 6.92 Å². The van der Waals surface area contributed by atoms with Crippen LogP contribution in [0.3, 0.4) is 0 Å². The van der Waals surface area contributed by atoms with Gasteiger partial charge in [-0.2, -0.15) is 4.98 Å². The van der Waals surface area contributed by atoms with Crippen LogP contribution in [0.4, 0.5) is 23.1 Å². The van der Waals surface area contributed by atoms with Crippen LogP contribution in [0.25, 0.3) is 0 Å². The Bertz CT molecular complexity index is 1470. The number of rotatable bonds is 13. The molecule has 0 spiro atoms. The first kappa shape index (κ1) is 30.8. The van der Waals surface area contributed by atoms with E-state index in [-0.39, 0.29) is 34.0 Å². The summed E-state index contributed by atoms with van der Waals surface area (Å²) in [5, 5.41) is 17.1. The molecule has 0 bridgehead atoms. The van der Waals surface area contributed by atoms with Gasteiger partial charge in [-0.25, -0.2) is 18.9 Å². The summed E-state index contributed by atoms with van der Waals surface area (Å²) >= 11 is 6.33. The fraction of sp³-hybridized carbons (Fsp3) is 0.333. The number of benzene rings is 2. The number of halogens is 1. The molecule has 0 aliphatic heterocycles. The van der Waals surface area contributed by atoms with Crippen LogP contribution in [0.5, 0.6) is 0 Å². The highest BCUT2D eigenvalue weighted by Gasteiger charge is 2.23. The van der Waals surface area contributed by atoms with Crippen molar-refractivity contribution < 1.29 is 23.2 Å². The largest absolute Gasteiger partial charge is 0.352 e. The highest BCUT2D eigenvalue weighted by atomic mass is 35.5. The molecule has 0 aliphatic carbocycles. The van der Waals surface area contributed by atoms with Crippen molar-refractivity contribution in [1.29, 1.82) is 0 Å². The van der Waals surface area contributed by atoms with Crippen molar-refractivity contribution in [2.24, 2.45) is 0 Å².